The summed E-state index contributed by atoms with van der Waals surface area (Å²) in [6.45, 7) is 3.52. The van der Waals surface area contributed by atoms with E-state index in [1.165, 1.54) is 0 Å². The molecule has 0 aromatic carbocycles. The minimum Gasteiger partial charge on any atom is -0.394 e. The molecule has 0 spiro atoms. The average molecular weight is 303 g/mol. The van der Waals surface area contributed by atoms with Gasteiger partial charge in [0.05, 0.1) is 13.2 Å². The molecule has 0 atom stereocenters. The van der Waals surface area contributed by atoms with E-state index in [-0.39, 0.29) is 51.2 Å². The highest BCUT2D eigenvalue weighted by molar-refractivity contribution is 4.39. The molecule has 0 unspecified atom stereocenters. The van der Waals surface area contributed by atoms with Crippen molar-refractivity contribution in [3.8, 4) is 0 Å². The number of aliphatic hydroxyl groups is 1. The van der Waals surface area contributed by atoms with Crippen LogP contribution in [0.15, 0.2) is 0 Å². The predicted octanol–water partition coefficient (Wildman–Crippen LogP) is 4.65. The lowest BCUT2D eigenvalue weighted by Gasteiger charge is -2.04. The van der Waals surface area contributed by atoms with Gasteiger partial charge in [-0.15, -0.1) is 0 Å². The van der Waals surface area contributed by atoms with Gasteiger partial charge in [-0.05, 0) is 19.3 Å². The third-order valence-electron chi connectivity index (χ3n) is 1.70. The minimum absolute atomic E-state index is 0. The molecule has 4 nitrogen and oxygen atoms in total. The third kappa shape index (κ3) is 43.1. The SMILES string of the molecule is C.C.C.C.C.C.COCCCCOCCCOCCO. The van der Waals surface area contributed by atoms with Gasteiger partial charge in [-0.3, -0.25) is 0 Å². The highest BCUT2D eigenvalue weighted by Crippen LogP contribution is 1.92. The van der Waals surface area contributed by atoms with Crippen LogP contribution in [0.1, 0.15) is 63.8 Å². The van der Waals surface area contributed by atoms with Crippen LogP contribution in [0.25, 0.3) is 0 Å². The molecule has 0 rings (SSSR count). The molecular weight excluding hydrogens is 256 g/mol. The van der Waals surface area contributed by atoms with Crippen molar-refractivity contribution in [3.05, 3.63) is 0 Å². The molecule has 0 aliphatic heterocycles. The summed E-state index contributed by atoms with van der Waals surface area (Å²) in [4.78, 5) is 0. The fourth-order valence-corrected chi connectivity index (χ4v) is 0.982. The van der Waals surface area contributed by atoms with E-state index >= 15 is 0 Å². The van der Waals surface area contributed by atoms with Crippen molar-refractivity contribution in [2.75, 3.05) is 46.8 Å². The Bertz CT molecular complexity index is 88.5. The number of unbranched alkanes of at least 4 members (excludes halogenated alkanes) is 1. The molecule has 1 N–H and O–H groups in total. The smallest absolute Gasteiger partial charge is 0.0697 e. The summed E-state index contributed by atoms with van der Waals surface area (Å²) in [6, 6.07) is 0. The summed E-state index contributed by atoms with van der Waals surface area (Å²) in [5.74, 6) is 0. The van der Waals surface area contributed by atoms with Gasteiger partial charge in [-0.1, -0.05) is 44.6 Å². The summed E-state index contributed by atoms with van der Waals surface area (Å²) in [5.41, 5.74) is 0. The van der Waals surface area contributed by atoms with Crippen LogP contribution in [0, 0.1) is 0 Å². The molecule has 0 radical (unpaired) electrons. The maximum atomic E-state index is 8.42. The Balaban J connectivity index is -0.0000000563. The summed E-state index contributed by atoms with van der Waals surface area (Å²) < 4.78 is 15.4. The van der Waals surface area contributed by atoms with Gasteiger partial charge >= 0.3 is 0 Å². The monoisotopic (exact) mass is 302 g/mol. The van der Waals surface area contributed by atoms with E-state index in [1.54, 1.807) is 7.11 Å². The first-order chi connectivity index (χ1) is 6.91. The summed E-state index contributed by atoms with van der Waals surface area (Å²) in [6.07, 6.45) is 2.99. The normalized spacial score (nSPS) is 7.50. The van der Waals surface area contributed by atoms with Crippen LogP contribution in [-0.2, 0) is 14.2 Å². The molecular formula is C16H46O4. The Morgan fingerprint density at radius 1 is 0.600 bits per heavy atom. The molecule has 20 heavy (non-hydrogen) atoms. The van der Waals surface area contributed by atoms with Crippen molar-refractivity contribution in [2.24, 2.45) is 0 Å². The van der Waals surface area contributed by atoms with Gasteiger partial charge in [0.15, 0.2) is 0 Å². The Kier molecular flexibility index (Phi) is 91.4. The maximum absolute atomic E-state index is 8.42. The number of aliphatic hydroxyl groups excluding tert-OH is 1. The van der Waals surface area contributed by atoms with Crippen molar-refractivity contribution in [1.82, 2.24) is 0 Å². The van der Waals surface area contributed by atoms with E-state index < -0.39 is 0 Å². The van der Waals surface area contributed by atoms with Gasteiger partial charge in [0.2, 0.25) is 0 Å². The number of rotatable bonds is 11. The van der Waals surface area contributed by atoms with Gasteiger partial charge < -0.3 is 19.3 Å². The largest absolute Gasteiger partial charge is 0.394 e. The van der Waals surface area contributed by atoms with E-state index in [2.05, 4.69) is 0 Å². The van der Waals surface area contributed by atoms with Crippen molar-refractivity contribution in [2.45, 2.75) is 63.8 Å². The first kappa shape index (κ1) is 42.7. The molecule has 0 fully saturated rings. The van der Waals surface area contributed by atoms with E-state index in [0.29, 0.717) is 13.2 Å². The molecule has 0 aliphatic rings. The zero-order chi connectivity index (χ0) is 10.5. The second kappa shape index (κ2) is 42.8. The van der Waals surface area contributed by atoms with Crippen LogP contribution in [0.5, 0.6) is 0 Å². The number of hydrogen-bond donors (Lipinski definition) is 1. The van der Waals surface area contributed by atoms with Gasteiger partial charge in [-0.25, -0.2) is 0 Å². The van der Waals surface area contributed by atoms with Crippen LogP contribution in [-0.4, -0.2) is 51.9 Å². The average Bonchev–Trinajstić information content (AvgIpc) is 2.21. The van der Waals surface area contributed by atoms with Gasteiger partial charge in [0.1, 0.15) is 0 Å². The fourth-order valence-electron chi connectivity index (χ4n) is 0.982. The zero-order valence-corrected chi connectivity index (χ0v) is 9.04. The Labute approximate surface area is 130 Å². The molecule has 0 aromatic rings. The summed E-state index contributed by atoms with van der Waals surface area (Å²) >= 11 is 0. The quantitative estimate of drug-likeness (QED) is 0.565. The molecule has 134 valence electrons. The molecule has 0 bridgehead atoms. The van der Waals surface area contributed by atoms with Crippen molar-refractivity contribution >= 4 is 0 Å². The summed E-state index contributed by atoms with van der Waals surface area (Å²) in [5, 5.41) is 8.42. The second-order valence-electron chi connectivity index (χ2n) is 3.00. The van der Waals surface area contributed by atoms with Crippen molar-refractivity contribution in [1.29, 1.82) is 0 Å². The highest BCUT2D eigenvalue weighted by atomic mass is 16.5. The second-order valence-corrected chi connectivity index (χ2v) is 3.00. The molecule has 0 aromatic heterocycles. The Morgan fingerprint density at radius 2 is 1.00 bits per heavy atom. The molecule has 0 saturated carbocycles. The first-order valence-electron chi connectivity index (χ1n) is 5.17. The fraction of sp³-hybridized carbons (Fsp3) is 1.00. The van der Waals surface area contributed by atoms with E-state index in [4.69, 9.17) is 19.3 Å². The number of methoxy groups -OCH3 is 1. The van der Waals surface area contributed by atoms with E-state index in [1.807, 2.05) is 0 Å². The molecule has 0 saturated heterocycles. The molecule has 4 heteroatoms. The lowest BCUT2D eigenvalue weighted by atomic mass is 10.3. The van der Waals surface area contributed by atoms with E-state index in [0.717, 1.165) is 39.1 Å². The molecule has 0 amide bonds. The lowest BCUT2D eigenvalue weighted by molar-refractivity contribution is 0.0616. The number of ether oxygens (including phenoxy) is 3. The van der Waals surface area contributed by atoms with Crippen molar-refractivity contribution in [3.63, 3.8) is 0 Å². The maximum Gasteiger partial charge on any atom is 0.0697 e. The lowest BCUT2D eigenvalue weighted by Crippen LogP contribution is -2.05. The highest BCUT2D eigenvalue weighted by Gasteiger charge is 1.91. The summed E-state index contributed by atoms with van der Waals surface area (Å²) in [7, 11) is 1.71. The van der Waals surface area contributed by atoms with Crippen molar-refractivity contribution < 1.29 is 19.3 Å². The first-order valence-corrected chi connectivity index (χ1v) is 5.17. The predicted molar refractivity (Wildman–Crippen MR) is 94.8 cm³/mol. The van der Waals surface area contributed by atoms with Crippen LogP contribution < -0.4 is 0 Å². The minimum atomic E-state index is 0. The zero-order valence-electron chi connectivity index (χ0n) is 9.04. The Morgan fingerprint density at radius 3 is 1.45 bits per heavy atom. The third-order valence-corrected chi connectivity index (χ3v) is 1.70. The number of hydrogen-bond acceptors (Lipinski definition) is 4. The van der Waals surface area contributed by atoms with Crippen LogP contribution in [0.2, 0.25) is 0 Å². The van der Waals surface area contributed by atoms with Crippen LogP contribution in [0.3, 0.4) is 0 Å². The van der Waals surface area contributed by atoms with Gasteiger partial charge in [-0.2, -0.15) is 0 Å². The topological polar surface area (TPSA) is 47.9 Å². The van der Waals surface area contributed by atoms with Crippen LogP contribution >= 0.6 is 0 Å². The molecule has 0 heterocycles. The molecule has 0 aliphatic carbocycles. The Hall–Kier alpha value is -0.160. The van der Waals surface area contributed by atoms with Gasteiger partial charge in [0.25, 0.3) is 0 Å². The van der Waals surface area contributed by atoms with Crippen LogP contribution in [0.4, 0.5) is 0 Å². The standard InChI is InChI=1S/C10H22O4.6CH4/c1-12-6-2-3-7-13-8-4-9-14-10-5-11;;;;;;/h11H,2-10H2,1H3;6*1H4. The van der Waals surface area contributed by atoms with Gasteiger partial charge in [0, 0.05) is 33.5 Å². The van der Waals surface area contributed by atoms with E-state index in [9.17, 15) is 0 Å².